The highest BCUT2D eigenvalue weighted by molar-refractivity contribution is 6.17. The summed E-state index contributed by atoms with van der Waals surface area (Å²) in [6, 6.07) is 0. The zero-order valence-electron chi connectivity index (χ0n) is 5.55. The van der Waals surface area contributed by atoms with Crippen LogP contribution in [0.2, 0.25) is 0 Å². The molecule has 54 valence electrons. The van der Waals surface area contributed by atoms with Gasteiger partial charge in [-0.2, -0.15) is 0 Å². The second-order valence-corrected chi connectivity index (χ2v) is 2.26. The minimum absolute atomic E-state index is 0.671. The van der Waals surface area contributed by atoms with Crippen LogP contribution in [0.1, 0.15) is 12.1 Å². The van der Waals surface area contributed by atoms with Crippen molar-refractivity contribution in [3.63, 3.8) is 0 Å². The molecule has 0 amide bonds. The third kappa shape index (κ3) is 2.23. The molecule has 1 aromatic heterocycles. The van der Waals surface area contributed by atoms with Crippen LogP contribution in [0, 0.1) is 0 Å². The van der Waals surface area contributed by atoms with Gasteiger partial charge in [0, 0.05) is 5.88 Å². The zero-order valence-corrected chi connectivity index (χ0v) is 6.30. The topological polar surface area (TPSA) is 28.7 Å². The van der Waals surface area contributed by atoms with Crippen LogP contribution in [0.5, 0.6) is 0 Å². The fraction of sp³-hybridized carbons (Fsp3) is 0.286. The Morgan fingerprint density at radius 1 is 1.70 bits per heavy atom. The van der Waals surface area contributed by atoms with E-state index in [1.54, 1.807) is 12.5 Å². The molecule has 1 heterocycles. The van der Waals surface area contributed by atoms with Gasteiger partial charge in [-0.1, -0.05) is 6.08 Å². The first kappa shape index (κ1) is 7.35. The molecular formula is C7H9ClN2. The largest absolute Gasteiger partial charge is 0.345 e. The van der Waals surface area contributed by atoms with Crippen molar-refractivity contribution >= 4 is 17.7 Å². The lowest BCUT2D eigenvalue weighted by atomic mass is 10.3. The van der Waals surface area contributed by atoms with Gasteiger partial charge in [0.25, 0.3) is 0 Å². The van der Waals surface area contributed by atoms with E-state index in [1.807, 2.05) is 12.2 Å². The van der Waals surface area contributed by atoms with E-state index in [-0.39, 0.29) is 0 Å². The highest BCUT2D eigenvalue weighted by atomic mass is 35.5. The molecule has 0 saturated heterocycles. The van der Waals surface area contributed by atoms with Crippen LogP contribution in [0.25, 0.3) is 6.08 Å². The second-order valence-electron chi connectivity index (χ2n) is 1.89. The van der Waals surface area contributed by atoms with Crippen molar-refractivity contribution in [2.75, 3.05) is 5.88 Å². The maximum atomic E-state index is 5.46. The molecule has 0 spiro atoms. The van der Waals surface area contributed by atoms with Gasteiger partial charge in [0.2, 0.25) is 0 Å². The summed E-state index contributed by atoms with van der Waals surface area (Å²) in [4.78, 5) is 6.82. The summed E-state index contributed by atoms with van der Waals surface area (Å²) in [5.74, 6) is 0.671. The number of alkyl halides is 1. The standard InChI is InChI=1S/C7H9ClN2/c8-4-2-1-3-7-5-9-6-10-7/h1,3,5-6H,2,4H2,(H,9,10). The number of rotatable bonds is 3. The number of hydrogen-bond acceptors (Lipinski definition) is 1. The Morgan fingerprint density at radius 3 is 3.20 bits per heavy atom. The Labute approximate surface area is 64.9 Å². The van der Waals surface area contributed by atoms with Crippen molar-refractivity contribution in [1.82, 2.24) is 9.97 Å². The van der Waals surface area contributed by atoms with Gasteiger partial charge in [0.05, 0.1) is 18.2 Å². The molecule has 1 rings (SSSR count). The van der Waals surface area contributed by atoms with Crippen LogP contribution < -0.4 is 0 Å². The fourth-order valence-electron chi connectivity index (χ4n) is 0.631. The molecule has 0 aromatic carbocycles. The van der Waals surface area contributed by atoms with Gasteiger partial charge in [-0.05, 0) is 12.5 Å². The van der Waals surface area contributed by atoms with E-state index in [1.165, 1.54) is 0 Å². The average molecular weight is 157 g/mol. The molecule has 0 atom stereocenters. The lowest BCUT2D eigenvalue weighted by molar-refractivity contribution is 1.24. The summed E-state index contributed by atoms with van der Waals surface area (Å²) in [5.41, 5.74) is 1.02. The molecule has 0 aliphatic carbocycles. The number of H-pyrrole nitrogens is 1. The van der Waals surface area contributed by atoms with E-state index < -0.39 is 0 Å². The summed E-state index contributed by atoms with van der Waals surface area (Å²) < 4.78 is 0. The van der Waals surface area contributed by atoms with Crippen LogP contribution in [0.4, 0.5) is 0 Å². The van der Waals surface area contributed by atoms with E-state index in [0.717, 1.165) is 12.1 Å². The van der Waals surface area contributed by atoms with Gasteiger partial charge >= 0.3 is 0 Å². The number of halogens is 1. The van der Waals surface area contributed by atoms with Crippen LogP contribution in [0.15, 0.2) is 18.6 Å². The van der Waals surface area contributed by atoms with Crippen LogP contribution >= 0.6 is 11.6 Å². The summed E-state index contributed by atoms with van der Waals surface area (Å²) in [7, 11) is 0. The van der Waals surface area contributed by atoms with Crippen LogP contribution in [-0.2, 0) is 0 Å². The summed E-state index contributed by atoms with van der Waals surface area (Å²) in [6.07, 6.45) is 8.31. The number of nitrogens with zero attached hydrogens (tertiary/aromatic N) is 1. The molecule has 1 N–H and O–H groups in total. The van der Waals surface area contributed by atoms with Gasteiger partial charge < -0.3 is 4.98 Å². The molecule has 0 bridgehead atoms. The first-order chi connectivity index (χ1) is 4.93. The van der Waals surface area contributed by atoms with Crippen LogP contribution in [-0.4, -0.2) is 15.8 Å². The van der Waals surface area contributed by atoms with Crippen molar-refractivity contribution in [2.45, 2.75) is 6.42 Å². The van der Waals surface area contributed by atoms with Gasteiger partial charge in [0.15, 0.2) is 0 Å². The van der Waals surface area contributed by atoms with E-state index in [4.69, 9.17) is 11.6 Å². The maximum Gasteiger partial charge on any atom is 0.0924 e. The molecule has 0 fully saturated rings. The number of allylic oxidation sites excluding steroid dienone is 1. The first-order valence-corrected chi connectivity index (χ1v) is 3.68. The monoisotopic (exact) mass is 156 g/mol. The maximum absolute atomic E-state index is 5.46. The Kier molecular flexibility index (Phi) is 3.03. The second kappa shape index (κ2) is 4.12. The summed E-state index contributed by atoms with van der Waals surface area (Å²) >= 11 is 5.46. The Morgan fingerprint density at radius 2 is 2.60 bits per heavy atom. The van der Waals surface area contributed by atoms with E-state index >= 15 is 0 Å². The Bertz CT molecular complexity index is 191. The van der Waals surface area contributed by atoms with Gasteiger partial charge in [-0.3, -0.25) is 0 Å². The SMILES string of the molecule is ClCCC=Cc1cnc[nH]1. The van der Waals surface area contributed by atoms with Gasteiger partial charge in [-0.25, -0.2) is 4.98 Å². The lowest BCUT2D eigenvalue weighted by Gasteiger charge is -1.82. The highest BCUT2D eigenvalue weighted by Crippen LogP contribution is 1.96. The minimum Gasteiger partial charge on any atom is -0.345 e. The van der Waals surface area contributed by atoms with Crippen molar-refractivity contribution < 1.29 is 0 Å². The molecule has 0 saturated carbocycles. The van der Waals surface area contributed by atoms with Gasteiger partial charge in [0.1, 0.15) is 0 Å². The molecule has 3 heteroatoms. The van der Waals surface area contributed by atoms with E-state index in [2.05, 4.69) is 9.97 Å². The number of imidazole rings is 1. The number of aromatic amines is 1. The number of hydrogen-bond donors (Lipinski definition) is 1. The molecule has 0 aliphatic heterocycles. The smallest absolute Gasteiger partial charge is 0.0924 e. The molecular weight excluding hydrogens is 148 g/mol. The number of nitrogens with one attached hydrogen (secondary N) is 1. The summed E-state index contributed by atoms with van der Waals surface area (Å²) in [5, 5.41) is 0. The Hall–Kier alpha value is -0.760. The molecule has 0 unspecified atom stereocenters. The fourth-order valence-corrected chi connectivity index (χ4v) is 0.757. The molecule has 0 aliphatic rings. The minimum atomic E-state index is 0.671. The molecule has 2 nitrogen and oxygen atoms in total. The summed E-state index contributed by atoms with van der Waals surface area (Å²) in [6.45, 7) is 0. The van der Waals surface area contributed by atoms with Crippen molar-refractivity contribution in [1.29, 1.82) is 0 Å². The predicted octanol–water partition coefficient (Wildman–Crippen LogP) is 2.05. The quantitative estimate of drug-likeness (QED) is 0.667. The molecule has 10 heavy (non-hydrogen) atoms. The predicted molar refractivity (Wildman–Crippen MR) is 43.0 cm³/mol. The van der Waals surface area contributed by atoms with Crippen LogP contribution in [0.3, 0.4) is 0 Å². The van der Waals surface area contributed by atoms with Crippen molar-refractivity contribution in [2.24, 2.45) is 0 Å². The number of aromatic nitrogens is 2. The van der Waals surface area contributed by atoms with Gasteiger partial charge in [-0.15, -0.1) is 11.6 Å². The van der Waals surface area contributed by atoms with E-state index in [0.29, 0.717) is 5.88 Å². The van der Waals surface area contributed by atoms with Crippen molar-refractivity contribution in [3.8, 4) is 0 Å². The zero-order chi connectivity index (χ0) is 7.23. The molecule has 0 radical (unpaired) electrons. The molecule has 1 aromatic rings. The lowest BCUT2D eigenvalue weighted by Crippen LogP contribution is -1.69. The third-order valence-corrected chi connectivity index (χ3v) is 1.31. The van der Waals surface area contributed by atoms with Crippen molar-refractivity contribution in [3.05, 3.63) is 24.3 Å². The highest BCUT2D eigenvalue weighted by Gasteiger charge is 1.82. The normalized spacial score (nSPS) is 10.9. The third-order valence-electron chi connectivity index (χ3n) is 1.09. The average Bonchev–Trinajstić information content (AvgIpc) is 2.41. The van der Waals surface area contributed by atoms with E-state index in [9.17, 15) is 0 Å². The Balaban J connectivity index is 2.40. The first-order valence-electron chi connectivity index (χ1n) is 3.14.